The number of phenolic OH excluding ortho intramolecular Hbond substituents is 1. The zero-order valence-corrected chi connectivity index (χ0v) is 11.3. The van der Waals surface area contributed by atoms with Crippen molar-refractivity contribution < 1.29 is 24.5 Å². The van der Waals surface area contributed by atoms with Crippen molar-refractivity contribution in [1.82, 2.24) is 5.32 Å². The molecule has 5 N–H and O–H groups in total. The zero-order chi connectivity index (χ0) is 15.3. The number of para-hydroxylation sites is 1. The number of nitrogen functional groups attached to an aromatic ring is 1. The molecule has 0 heterocycles. The van der Waals surface area contributed by atoms with Crippen molar-refractivity contribution in [3.63, 3.8) is 0 Å². The van der Waals surface area contributed by atoms with Gasteiger partial charge in [-0.25, -0.2) is 0 Å². The van der Waals surface area contributed by atoms with Crippen molar-refractivity contribution in [2.24, 2.45) is 0 Å². The Kier molecular flexibility index (Phi) is 5.48. The summed E-state index contributed by atoms with van der Waals surface area (Å²) in [6.07, 6.45) is -0.804. The van der Waals surface area contributed by atoms with Gasteiger partial charge in [0.05, 0.1) is 5.69 Å². The predicted molar refractivity (Wildman–Crippen MR) is 72.5 cm³/mol. The van der Waals surface area contributed by atoms with Crippen molar-refractivity contribution in [2.75, 3.05) is 12.8 Å². The summed E-state index contributed by atoms with van der Waals surface area (Å²) in [4.78, 5) is 23.2. The summed E-state index contributed by atoms with van der Waals surface area (Å²) in [5.41, 5.74) is 5.65. The lowest BCUT2D eigenvalue weighted by molar-refractivity contribution is -0.140. The molecule has 0 aliphatic carbocycles. The van der Waals surface area contributed by atoms with Crippen LogP contribution in [-0.4, -0.2) is 41.3 Å². The Labute approximate surface area is 116 Å². The number of carbonyl (C=O) groups is 2. The molecular weight excluding hydrogens is 264 g/mol. The summed E-state index contributed by atoms with van der Waals surface area (Å²) in [6, 6.07) is 3.17. The Morgan fingerprint density at radius 2 is 2.10 bits per heavy atom. The molecule has 0 spiro atoms. The number of aromatic hydroxyl groups is 1. The summed E-state index contributed by atoms with van der Waals surface area (Å²) in [5, 5.41) is 21.2. The van der Waals surface area contributed by atoms with Gasteiger partial charge in [0, 0.05) is 19.1 Å². The van der Waals surface area contributed by atoms with Gasteiger partial charge in [-0.05, 0) is 19.1 Å². The van der Waals surface area contributed by atoms with E-state index in [0.29, 0.717) is 0 Å². The SMILES string of the molecule is COC(C)NC(CC(=O)c1cccc(O)c1N)C(=O)O. The first-order valence-corrected chi connectivity index (χ1v) is 5.99. The summed E-state index contributed by atoms with van der Waals surface area (Å²) in [5.74, 6) is -1.84. The number of carbonyl (C=O) groups excluding carboxylic acids is 1. The molecule has 2 atom stereocenters. The molecule has 0 fully saturated rings. The predicted octanol–water partition coefficient (Wildman–Crippen LogP) is 0.582. The molecule has 7 heteroatoms. The third-order valence-electron chi connectivity index (χ3n) is 2.86. The van der Waals surface area contributed by atoms with Crippen LogP contribution in [0.15, 0.2) is 18.2 Å². The van der Waals surface area contributed by atoms with Gasteiger partial charge in [-0.1, -0.05) is 6.07 Å². The Hall–Kier alpha value is -2.12. The van der Waals surface area contributed by atoms with Gasteiger partial charge < -0.3 is 20.7 Å². The van der Waals surface area contributed by atoms with Gasteiger partial charge in [-0.3, -0.25) is 14.9 Å². The number of hydrogen-bond donors (Lipinski definition) is 4. The minimum Gasteiger partial charge on any atom is -0.506 e. The highest BCUT2D eigenvalue weighted by Crippen LogP contribution is 2.24. The molecule has 0 saturated carbocycles. The summed E-state index contributed by atoms with van der Waals surface area (Å²) >= 11 is 0. The van der Waals surface area contributed by atoms with E-state index in [1.807, 2.05) is 0 Å². The van der Waals surface area contributed by atoms with Crippen LogP contribution >= 0.6 is 0 Å². The van der Waals surface area contributed by atoms with Gasteiger partial charge in [0.2, 0.25) is 0 Å². The number of methoxy groups -OCH3 is 1. The third kappa shape index (κ3) is 3.94. The van der Waals surface area contributed by atoms with Crippen LogP contribution in [0.1, 0.15) is 23.7 Å². The smallest absolute Gasteiger partial charge is 0.321 e. The average molecular weight is 282 g/mol. The number of aliphatic carboxylic acids is 1. The van der Waals surface area contributed by atoms with Crippen LogP contribution in [0.4, 0.5) is 5.69 Å². The maximum atomic E-state index is 12.1. The van der Waals surface area contributed by atoms with E-state index in [9.17, 15) is 14.7 Å². The molecule has 7 nitrogen and oxygen atoms in total. The summed E-state index contributed by atoms with van der Waals surface area (Å²) < 4.78 is 4.91. The molecule has 0 aromatic heterocycles. The minimum absolute atomic E-state index is 0.0542. The monoisotopic (exact) mass is 282 g/mol. The summed E-state index contributed by atoms with van der Waals surface area (Å²) in [7, 11) is 1.42. The highest BCUT2D eigenvalue weighted by Gasteiger charge is 2.24. The minimum atomic E-state index is -1.17. The average Bonchev–Trinajstić information content (AvgIpc) is 2.40. The lowest BCUT2D eigenvalue weighted by Gasteiger charge is -2.18. The number of ether oxygens (including phenoxy) is 1. The van der Waals surface area contributed by atoms with Crippen LogP contribution in [0.25, 0.3) is 0 Å². The van der Waals surface area contributed by atoms with E-state index in [-0.39, 0.29) is 23.4 Å². The standard InChI is InChI=1S/C13H18N2O5/c1-7(20-2)15-9(13(18)19)6-11(17)8-4-3-5-10(16)12(8)14/h3-5,7,9,15-16H,6,14H2,1-2H3,(H,18,19). The van der Waals surface area contributed by atoms with E-state index >= 15 is 0 Å². The number of carboxylic acids is 1. The first kappa shape index (κ1) is 15.9. The van der Waals surface area contributed by atoms with Crippen LogP contribution in [0, 0.1) is 0 Å². The van der Waals surface area contributed by atoms with Crippen LogP contribution in [0.5, 0.6) is 5.75 Å². The molecule has 1 aromatic rings. The maximum absolute atomic E-state index is 12.1. The molecule has 2 unspecified atom stereocenters. The number of benzene rings is 1. The molecule has 1 aromatic carbocycles. The quantitative estimate of drug-likeness (QED) is 0.250. The lowest BCUT2D eigenvalue weighted by Crippen LogP contribution is -2.44. The van der Waals surface area contributed by atoms with Crippen molar-refractivity contribution in [3.8, 4) is 5.75 Å². The van der Waals surface area contributed by atoms with Crippen LogP contribution < -0.4 is 11.1 Å². The number of ketones is 1. The highest BCUT2D eigenvalue weighted by atomic mass is 16.5. The molecule has 1 rings (SSSR count). The topological polar surface area (TPSA) is 122 Å². The molecule has 0 saturated heterocycles. The van der Waals surface area contributed by atoms with E-state index in [2.05, 4.69) is 5.32 Å². The van der Waals surface area contributed by atoms with Gasteiger partial charge in [0.1, 0.15) is 18.0 Å². The largest absolute Gasteiger partial charge is 0.506 e. The first-order chi connectivity index (χ1) is 9.36. The van der Waals surface area contributed by atoms with Gasteiger partial charge >= 0.3 is 5.97 Å². The van der Waals surface area contributed by atoms with Gasteiger partial charge in [0.15, 0.2) is 5.78 Å². The van der Waals surface area contributed by atoms with Crippen LogP contribution in [-0.2, 0) is 9.53 Å². The first-order valence-electron chi connectivity index (χ1n) is 5.99. The third-order valence-corrected chi connectivity index (χ3v) is 2.86. The molecule has 20 heavy (non-hydrogen) atoms. The lowest BCUT2D eigenvalue weighted by atomic mass is 10.0. The number of Topliss-reactive ketones (excluding diaryl/α,β-unsaturated/α-hetero) is 1. The van der Waals surface area contributed by atoms with E-state index in [1.165, 1.54) is 25.3 Å². The van der Waals surface area contributed by atoms with E-state index in [0.717, 1.165) is 0 Å². The van der Waals surface area contributed by atoms with Gasteiger partial charge in [-0.15, -0.1) is 0 Å². The number of hydrogen-bond acceptors (Lipinski definition) is 6. The molecule has 0 aliphatic rings. The number of rotatable bonds is 7. The molecule has 110 valence electrons. The fourth-order valence-electron chi connectivity index (χ4n) is 1.66. The second-order valence-corrected chi connectivity index (χ2v) is 4.30. The van der Waals surface area contributed by atoms with Crippen molar-refractivity contribution in [1.29, 1.82) is 0 Å². The number of phenols is 1. The fraction of sp³-hybridized carbons (Fsp3) is 0.385. The molecule has 0 bridgehead atoms. The van der Waals surface area contributed by atoms with E-state index in [1.54, 1.807) is 6.92 Å². The molecule has 0 aliphatic heterocycles. The Balaban J connectivity index is 2.86. The van der Waals surface area contributed by atoms with Gasteiger partial charge in [-0.2, -0.15) is 0 Å². The summed E-state index contributed by atoms with van der Waals surface area (Å²) in [6.45, 7) is 1.63. The Bertz CT molecular complexity index is 504. The van der Waals surface area contributed by atoms with Crippen LogP contribution in [0.2, 0.25) is 0 Å². The Morgan fingerprint density at radius 1 is 1.45 bits per heavy atom. The van der Waals surface area contributed by atoms with E-state index < -0.39 is 24.0 Å². The normalized spacial score (nSPS) is 13.7. The zero-order valence-electron chi connectivity index (χ0n) is 11.3. The number of carboxylic acid groups (broad SMARTS) is 1. The molecular formula is C13H18N2O5. The maximum Gasteiger partial charge on any atom is 0.321 e. The van der Waals surface area contributed by atoms with E-state index in [4.69, 9.17) is 15.6 Å². The number of nitrogens with one attached hydrogen (secondary N) is 1. The molecule has 0 amide bonds. The van der Waals surface area contributed by atoms with Crippen molar-refractivity contribution >= 4 is 17.4 Å². The van der Waals surface area contributed by atoms with Crippen molar-refractivity contribution in [2.45, 2.75) is 25.6 Å². The second-order valence-electron chi connectivity index (χ2n) is 4.30. The van der Waals surface area contributed by atoms with Gasteiger partial charge in [0.25, 0.3) is 0 Å². The van der Waals surface area contributed by atoms with Crippen LogP contribution in [0.3, 0.4) is 0 Å². The highest BCUT2D eigenvalue weighted by molar-refractivity contribution is 6.03. The number of anilines is 1. The Morgan fingerprint density at radius 3 is 2.65 bits per heavy atom. The molecule has 0 radical (unpaired) electrons. The number of nitrogens with two attached hydrogens (primary N) is 1. The second kappa shape index (κ2) is 6.88. The fourth-order valence-corrected chi connectivity index (χ4v) is 1.66. The van der Waals surface area contributed by atoms with Crippen molar-refractivity contribution in [3.05, 3.63) is 23.8 Å².